The van der Waals surface area contributed by atoms with Gasteiger partial charge in [-0.2, -0.15) is 9.40 Å². The first-order chi connectivity index (χ1) is 16.5. The average molecular weight is 494 g/mol. The van der Waals surface area contributed by atoms with Crippen molar-refractivity contribution in [3.63, 3.8) is 0 Å². The fraction of sp³-hybridized carbons (Fsp3) is 0.333. The Bertz CT molecular complexity index is 1420. The Morgan fingerprint density at radius 3 is 2.37 bits per heavy atom. The SMILES string of the molecule is CC(C)(C)c1ccc(S(=O)(=O)N2CCC3=Cc4c(cnn4-c4ccc(F)cc4)CC3(C=O)C2)cc1. The van der Waals surface area contributed by atoms with Crippen molar-refractivity contribution in [2.45, 2.75) is 43.9 Å². The average Bonchev–Trinajstić information content (AvgIpc) is 3.24. The molecule has 1 unspecified atom stereocenters. The molecule has 0 saturated carbocycles. The third-order valence-electron chi connectivity index (χ3n) is 7.09. The Morgan fingerprint density at radius 2 is 1.74 bits per heavy atom. The van der Waals surface area contributed by atoms with Gasteiger partial charge in [-0.1, -0.05) is 38.5 Å². The van der Waals surface area contributed by atoms with E-state index in [2.05, 4.69) is 25.9 Å². The van der Waals surface area contributed by atoms with Gasteiger partial charge >= 0.3 is 0 Å². The van der Waals surface area contributed by atoms with E-state index in [1.165, 1.54) is 16.4 Å². The number of carbonyl (C=O) groups excluding carboxylic acids is 1. The van der Waals surface area contributed by atoms with E-state index in [0.29, 0.717) is 19.4 Å². The monoisotopic (exact) mass is 493 g/mol. The number of aldehydes is 1. The summed E-state index contributed by atoms with van der Waals surface area (Å²) in [5, 5.41) is 4.47. The lowest BCUT2D eigenvalue weighted by Crippen LogP contribution is -2.50. The molecule has 3 aromatic rings. The molecule has 1 saturated heterocycles. The lowest BCUT2D eigenvalue weighted by Gasteiger charge is -2.42. The van der Waals surface area contributed by atoms with Crippen LogP contribution in [0, 0.1) is 11.2 Å². The summed E-state index contributed by atoms with van der Waals surface area (Å²) in [6.45, 7) is 6.63. The zero-order chi connectivity index (χ0) is 25.0. The third kappa shape index (κ3) is 4.04. The summed E-state index contributed by atoms with van der Waals surface area (Å²) >= 11 is 0. The molecule has 0 bridgehead atoms. The summed E-state index contributed by atoms with van der Waals surface area (Å²) in [6.07, 6.45) is 5.36. The van der Waals surface area contributed by atoms with Gasteiger partial charge in [0.15, 0.2) is 0 Å². The number of halogens is 1. The molecule has 5 rings (SSSR count). The molecule has 2 aliphatic rings. The minimum absolute atomic E-state index is 0.0765. The van der Waals surface area contributed by atoms with Crippen molar-refractivity contribution < 1.29 is 17.6 Å². The summed E-state index contributed by atoms with van der Waals surface area (Å²) in [6, 6.07) is 13.1. The van der Waals surface area contributed by atoms with Crippen molar-refractivity contribution in [2.24, 2.45) is 5.41 Å². The first kappa shape index (κ1) is 23.6. The highest BCUT2D eigenvalue weighted by Crippen LogP contribution is 2.44. The second kappa shape index (κ2) is 8.24. The molecule has 2 heterocycles. The zero-order valence-corrected chi connectivity index (χ0v) is 20.8. The van der Waals surface area contributed by atoms with E-state index in [0.717, 1.165) is 34.4 Å². The number of hydrogen-bond donors (Lipinski definition) is 0. The van der Waals surface area contributed by atoms with Gasteiger partial charge in [0.1, 0.15) is 12.1 Å². The lowest BCUT2D eigenvalue weighted by atomic mass is 9.70. The third-order valence-corrected chi connectivity index (χ3v) is 8.95. The number of nitrogens with zero attached hydrogens (tertiary/aromatic N) is 3. The van der Waals surface area contributed by atoms with Crippen LogP contribution < -0.4 is 0 Å². The van der Waals surface area contributed by atoms with E-state index in [4.69, 9.17) is 0 Å². The second-order valence-corrected chi connectivity index (χ2v) is 12.4. The first-order valence-electron chi connectivity index (χ1n) is 11.6. The van der Waals surface area contributed by atoms with Crippen molar-refractivity contribution in [1.29, 1.82) is 0 Å². The van der Waals surface area contributed by atoms with Gasteiger partial charge in [0.2, 0.25) is 10.0 Å². The topological polar surface area (TPSA) is 72.3 Å². The molecular weight excluding hydrogens is 465 g/mol. The highest BCUT2D eigenvalue weighted by molar-refractivity contribution is 7.89. The van der Waals surface area contributed by atoms with Crippen LogP contribution in [0.4, 0.5) is 4.39 Å². The van der Waals surface area contributed by atoms with Crippen molar-refractivity contribution in [3.8, 4) is 5.69 Å². The normalized spacial score (nSPS) is 20.6. The maximum absolute atomic E-state index is 13.5. The molecule has 8 heteroatoms. The minimum Gasteiger partial charge on any atom is -0.302 e. The second-order valence-electron chi connectivity index (χ2n) is 10.4. The van der Waals surface area contributed by atoms with Crippen LogP contribution in [0.3, 0.4) is 0 Å². The van der Waals surface area contributed by atoms with E-state index in [1.807, 2.05) is 18.2 Å². The van der Waals surface area contributed by atoms with Crippen LogP contribution in [0.1, 0.15) is 44.0 Å². The predicted molar refractivity (Wildman–Crippen MR) is 132 cm³/mol. The van der Waals surface area contributed by atoms with Crippen LogP contribution in [0.25, 0.3) is 11.8 Å². The predicted octanol–water partition coefficient (Wildman–Crippen LogP) is 4.53. The van der Waals surface area contributed by atoms with Gasteiger partial charge in [-0.05, 0) is 71.9 Å². The number of rotatable bonds is 4. The summed E-state index contributed by atoms with van der Waals surface area (Å²) < 4.78 is 43.5. The molecule has 35 heavy (non-hydrogen) atoms. The first-order valence-corrected chi connectivity index (χ1v) is 13.1. The Labute approximate surface area is 205 Å². The fourth-order valence-corrected chi connectivity index (χ4v) is 6.50. The molecule has 0 amide bonds. The van der Waals surface area contributed by atoms with Gasteiger partial charge in [-0.15, -0.1) is 0 Å². The highest BCUT2D eigenvalue weighted by atomic mass is 32.2. The lowest BCUT2D eigenvalue weighted by molar-refractivity contribution is -0.115. The number of sulfonamides is 1. The van der Waals surface area contributed by atoms with Gasteiger partial charge in [-0.25, -0.2) is 17.5 Å². The number of piperidine rings is 1. The maximum atomic E-state index is 13.5. The Balaban J connectivity index is 1.45. The molecule has 0 radical (unpaired) electrons. The van der Waals surface area contributed by atoms with E-state index in [9.17, 15) is 17.6 Å². The quantitative estimate of drug-likeness (QED) is 0.501. The zero-order valence-electron chi connectivity index (χ0n) is 20.0. The number of carbonyl (C=O) groups is 1. The van der Waals surface area contributed by atoms with Crippen LogP contribution >= 0.6 is 0 Å². The highest BCUT2D eigenvalue weighted by Gasteiger charge is 2.46. The van der Waals surface area contributed by atoms with Gasteiger partial charge < -0.3 is 4.79 Å². The van der Waals surface area contributed by atoms with E-state index in [1.54, 1.807) is 35.1 Å². The molecule has 2 aromatic carbocycles. The molecule has 1 aliphatic heterocycles. The van der Waals surface area contributed by atoms with Crippen LogP contribution in [-0.2, 0) is 26.7 Å². The number of aromatic nitrogens is 2. The van der Waals surface area contributed by atoms with Gasteiger partial charge in [-0.3, -0.25) is 0 Å². The molecule has 1 aliphatic carbocycles. The van der Waals surface area contributed by atoms with Crippen LogP contribution in [-0.4, -0.2) is 41.9 Å². The van der Waals surface area contributed by atoms with E-state index in [-0.39, 0.29) is 22.7 Å². The Hall–Kier alpha value is -3.10. The van der Waals surface area contributed by atoms with Crippen LogP contribution in [0.2, 0.25) is 0 Å². The summed E-state index contributed by atoms with van der Waals surface area (Å²) in [5.74, 6) is -0.324. The van der Waals surface area contributed by atoms with Gasteiger partial charge in [0.25, 0.3) is 0 Å². The van der Waals surface area contributed by atoms with Crippen molar-refractivity contribution in [3.05, 3.63) is 82.9 Å². The molecule has 1 fully saturated rings. The number of hydrogen-bond acceptors (Lipinski definition) is 4. The molecule has 0 N–H and O–H groups in total. The molecule has 1 atom stereocenters. The maximum Gasteiger partial charge on any atom is 0.243 e. The minimum atomic E-state index is -3.75. The summed E-state index contributed by atoms with van der Waals surface area (Å²) in [5.41, 5.74) is 3.38. The van der Waals surface area contributed by atoms with Gasteiger partial charge in [0, 0.05) is 13.1 Å². The summed E-state index contributed by atoms with van der Waals surface area (Å²) in [7, 11) is -3.75. The molecule has 6 nitrogen and oxygen atoms in total. The van der Waals surface area contributed by atoms with Crippen molar-refractivity contribution >= 4 is 22.4 Å². The Morgan fingerprint density at radius 1 is 1.06 bits per heavy atom. The molecule has 0 spiro atoms. The van der Waals surface area contributed by atoms with E-state index < -0.39 is 15.4 Å². The number of benzene rings is 2. The van der Waals surface area contributed by atoms with E-state index >= 15 is 0 Å². The van der Waals surface area contributed by atoms with Crippen LogP contribution in [0.15, 0.2) is 65.2 Å². The van der Waals surface area contributed by atoms with Crippen LogP contribution in [0.5, 0.6) is 0 Å². The van der Waals surface area contributed by atoms with Crippen molar-refractivity contribution in [2.75, 3.05) is 13.1 Å². The Kier molecular flexibility index (Phi) is 5.56. The number of fused-ring (bicyclic) bond motifs is 2. The van der Waals surface area contributed by atoms with Crippen molar-refractivity contribution in [1.82, 2.24) is 14.1 Å². The molecular formula is C27H28FN3O3S. The molecule has 182 valence electrons. The summed E-state index contributed by atoms with van der Waals surface area (Å²) in [4.78, 5) is 12.7. The fourth-order valence-electron chi connectivity index (χ4n) is 4.99. The largest absolute Gasteiger partial charge is 0.302 e. The molecule has 1 aromatic heterocycles. The standard InChI is InChI=1S/C27H28FN3O3S/c1-26(2,3)20-4-10-24(11-5-20)35(33,34)30-13-12-21-14-25-19(15-27(21,17-30)18-32)16-29-31(25)23-8-6-22(28)7-9-23/h4-11,14,16,18H,12-13,15,17H2,1-3H3. The smallest absolute Gasteiger partial charge is 0.243 e. The van der Waals surface area contributed by atoms with Gasteiger partial charge in [0.05, 0.1) is 27.9 Å².